The van der Waals surface area contributed by atoms with E-state index < -0.39 is 35.3 Å². The first-order valence-corrected chi connectivity index (χ1v) is 9.11. The Balaban J connectivity index is 1.85. The highest BCUT2D eigenvalue weighted by Crippen LogP contribution is 2.39. The molecule has 2 heterocycles. The number of halogens is 6. The highest BCUT2D eigenvalue weighted by molar-refractivity contribution is 5.92. The Hall–Kier alpha value is -2.56. The second-order valence-electron chi connectivity index (χ2n) is 7.02. The first kappa shape index (κ1) is 22.1. The van der Waals surface area contributed by atoms with Gasteiger partial charge in [-0.25, -0.2) is 4.98 Å². The normalized spacial score (nSPS) is 17.0. The Bertz CT molecular complexity index is 888. The Labute approximate surface area is 168 Å². The van der Waals surface area contributed by atoms with Gasteiger partial charge in [-0.1, -0.05) is 0 Å². The van der Waals surface area contributed by atoms with E-state index in [2.05, 4.69) is 10.3 Å². The SMILES string of the molecule is COCCNC(=O)c1cn2c(n1)CC[C@H](c1cc(C(F)(F)F)cc(C(F)(F)F)c1)C2. The van der Waals surface area contributed by atoms with E-state index in [0.717, 1.165) is 12.1 Å². The number of carbonyl (C=O) groups is 1. The minimum absolute atomic E-state index is 0.0393. The number of nitrogens with zero attached hydrogens (tertiary/aromatic N) is 2. The summed E-state index contributed by atoms with van der Waals surface area (Å²) >= 11 is 0. The number of hydrogen-bond acceptors (Lipinski definition) is 3. The zero-order chi connectivity index (χ0) is 22.1. The van der Waals surface area contributed by atoms with Crippen molar-refractivity contribution < 1.29 is 35.9 Å². The number of methoxy groups -OCH3 is 1. The van der Waals surface area contributed by atoms with E-state index in [1.165, 1.54) is 13.3 Å². The fourth-order valence-electron chi connectivity index (χ4n) is 3.40. The minimum atomic E-state index is -4.89. The number of alkyl halides is 6. The molecule has 2 aromatic rings. The van der Waals surface area contributed by atoms with Crippen molar-refractivity contribution >= 4 is 5.91 Å². The summed E-state index contributed by atoms with van der Waals surface area (Å²) in [5.74, 6) is -0.436. The topological polar surface area (TPSA) is 56.1 Å². The maximum Gasteiger partial charge on any atom is 0.416 e. The van der Waals surface area contributed by atoms with Gasteiger partial charge in [-0.2, -0.15) is 26.3 Å². The van der Waals surface area contributed by atoms with Crippen LogP contribution in [0.5, 0.6) is 0 Å². The predicted octanol–water partition coefficient (Wildman–Crippen LogP) is 4.03. The van der Waals surface area contributed by atoms with Gasteiger partial charge in [0.25, 0.3) is 5.91 Å². The van der Waals surface area contributed by atoms with Crippen LogP contribution in [0.15, 0.2) is 24.4 Å². The van der Waals surface area contributed by atoms with Crippen molar-refractivity contribution in [2.45, 2.75) is 37.7 Å². The monoisotopic (exact) mass is 435 g/mol. The third-order valence-electron chi connectivity index (χ3n) is 4.90. The molecule has 0 fully saturated rings. The van der Waals surface area contributed by atoms with E-state index in [0.29, 0.717) is 25.3 Å². The molecule has 3 rings (SSSR count). The molecule has 1 aromatic heterocycles. The number of carbonyl (C=O) groups excluding carboxylic acids is 1. The first-order valence-electron chi connectivity index (χ1n) is 9.11. The van der Waals surface area contributed by atoms with Crippen molar-refractivity contribution in [3.05, 3.63) is 52.6 Å². The van der Waals surface area contributed by atoms with Crippen LogP contribution in [0.3, 0.4) is 0 Å². The van der Waals surface area contributed by atoms with Crippen molar-refractivity contribution in [2.24, 2.45) is 0 Å². The molecule has 1 aliphatic heterocycles. The third kappa shape index (κ3) is 4.94. The van der Waals surface area contributed by atoms with E-state index >= 15 is 0 Å². The molecule has 0 saturated carbocycles. The molecule has 1 N–H and O–H groups in total. The largest absolute Gasteiger partial charge is 0.416 e. The highest BCUT2D eigenvalue weighted by Gasteiger charge is 2.38. The number of rotatable bonds is 5. The summed E-state index contributed by atoms with van der Waals surface area (Å²) in [5.41, 5.74) is -2.56. The summed E-state index contributed by atoms with van der Waals surface area (Å²) < 4.78 is 85.2. The van der Waals surface area contributed by atoms with Crippen LogP contribution in [0.4, 0.5) is 26.3 Å². The molecule has 0 aliphatic carbocycles. The smallest absolute Gasteiger partial charge is 0.383 e. The standard InChI is InChI=1S/C19H19F6N3O2/c1-30-5-4-26-17(29)15-10-28-9-11(2-3-16(28)27-15)12-6-13(18(20,21)22)8-14(7-12)19(23,24)25/h6-8,10-11H,2-5,9H2,1H3,(H,26,29)/t11-/m0/s1. The number of imidazole rings is 1. The van der Waals surface area contributed by atoms with Gasteiger partial charge in [0.1, 0.15) is 11.5 Å². The van der Waals surface area contributed by atoms with Gasteiger partial charge in [0, 0.05) is 38.7 Å². The Kier molecular flexibility index (Phi) is 6.11. The third-order valence-corrected chi connectivity index (χ3v) is 4.90. The zero-order valence-electron chi connectivity index (χ0n) is 15.9. The second-order valence-corrected chi connectivity index (χ2v) is 7.02. The van der Waals surface area contributed by atoms with Crippen LogP contribution in [-0.4, -0.2) is 35.7 Å². The zero-order valence-corrected chi connectivity index (χ0v) is 15.9. The molecule has 164 valence electrons. The maximum absolute atomic E-state index is 13.1. The molecule has 5 nitrogen and oxygen atoms in total. The van der Waals surface area contributed by atoms with Crippen molar-refractivity contribution in [1.82, 2.24) is 14.9 Å². The number of benzene rings is 1. The summed E-state index contributed by atoms with van der Waals surface area (Å²) in [4.78, 5) is 16.3. The van der Waals surface area contributed by atoms with E-state index in [4.69, 9.17) is 4.74 Å². The lowest BCUT2D eigenvalue weighted by molar-refractivity contribution is -0.143. The number of amides is 1. The number of hydrogen-bond donors (Lipinski definition) is 1. The Morgan fingerprint density at radius 2 is 1.80 bits per heavy atom. The molecular weight excluding hydrogens is 416 g/mol. The summed E-state index contributed by atoms with van der Waals surface area (Å²) in [6, 6.07) is 1.65. The Morgan fingerprint density at radius 1 is 1.17 bits per heavy atom. The lowest BCUT2D eigenvalue weighted by Crippen LogP contribution is -2.27. The van der Waals surface area contributed by atoms with E-state index in [9.17, 15) is 31.1 Å². The van der Waals surface area contributed by atoms with Gasteiger partial charge in [-0.3, -0.25) is 4.79 Å². The van der Waals surface area contributed by atoms with E-state index in [1.54, 1.807) is 4.57 Å². The van der Waals surface area contributed by atoms with Gasteiger partial charge in [-0.05, 0) is 30.2 Å². The van der Waals surface area contributed by atoms with Gasteiger partial charge in [0.15, 0.2) is 0 Å². The lowest BCUT2D eigenvalue weighted by atomic mass is 9.89. The molecule has 30 heavy (non-hydrogen) atoms. The summed E-state index contributed by atoms with van der Waals surface area (Å²) in [7, 11) is 1.49. The number of fused-ring (bicyclic) bond motifs is 1. The summed E-state index contributed by atoms with van der Waals surface area (Å²) in [6.07, 6.45) is -7.67. The summed E-state index contributed by atoms with van der Waals surface area (Å²) in [5, 5.41) is 2.61. The van der Waals surface area contributed by atoms with Gasteiger partial charge >= 0.3 is 12.4 Å². The fraction of sp³-hybridized carbons (Fsp3) is 0.474. The lowest BCUT2D eigenvalue weighted by Gasteiger charge is -2.25. The van der Waals surface area contributed by atoms with Crippen LogP contribution in [0.25, 0.3) is 0 Å². The number of nitrogens with one attached hydrogen (secondary N) is 1. The summed E-state index contributed by atoms with van der Waals surface area (Å²) in [6.45, 7) is 0.732. The molecule has 0 unspecified atom stereocenters. The molecule has 1 aliphatic rings. The average molecular weight is 435 g/mol. The molecule has 1 amide bonds. The van der Waals surface area contributed by atoms with Crippen LogP contribution >= 0.6 is 0 Å². The molecule has 1 aromatic carbocycles. The van der Waals surface area contributed by atoms with Crippen molar-refractivity contribution in [1.29, 1.82) is 0 Å². The van der Waals surface area contributed by atoms with Gasteiger partial charge in [0.2, 0.25) is 0 Å². The molecule has 1 atom stereocenters. The van der Waals surface area contributed by atoms with Gasteiger partial charge in [0.05, 0.1) is 17.7 Å². The van der Waals surface area contributed by atoms with Crippen LogP contribution in [0, 0.1) is 0 Å². The quantitative estimate of drug-likeness (QED) is 0.570. The number of aromatic nitrogens is 2. The average Bonchev–Trinajstić information content (AvgIpc) is 3.10. The molecule has 0 radical (unpaired) electrons. The van der Waals surface area contributed by atoms with Crippen molar-refractivity contribution in [3.8, 4) is 0 Å². The first-order chi connectivity index (χ1) is 14.0. The van der Waals surface area contributed by atoms with Crippen LogP contribution in [-0.2, 0) is 30.1 Å². The van der Waals surface area contributed by atoms with Crippen LogP contribution in [0.2, 0.25) is 0 Å². The molecule has 0 saturated heterocycles. The molecule has 0 bridgehead atoms. The molecule has 0 spiro atoms. The van der Waals surface area contributed by atoms with Gasteiger partial charge in [-0.15, -0.1) is 0 Å². The van der Waals surface area contributed by atoms with E-state index in [-0.39, 0.29) is 30.4 Å². The van der Waals surface area contributed by atoms with Crippen LogP contribution < -0.4 is 5.32 Å². The Morgan fingerprint density at radius 3 is 2.37 bits per heavy atom. The second kappa shape index (κ2) is 8.29. The van der Waals surface area contributed by atoms with Crippen molar-refractivity contribution in [3.63, 3.8) is 0 Å². The van der Waals surface area contributed by atoms with Crippen molar-refractivity contribution in [2.75, 3.05) is 20.3 Å². The molecule has 11 heteroatoms. The minimum Gasteiger partial charge on any atom is -0.383 e. The highest BCUT2D eigenvalue weighted by atomic mass is 19.4. The predicted molar refractivity (Wildman–Crippen MR) is 93.9 cm³/mol. The molecular formula is C19H19F6N3O2. The number of ether oxygens (including phenoxy) is 1. The van der Waals surface area contributed by atoms with E-state index in [1.807, 2.05) is 0 Å². The van der Waals surface area contributed by atoms with Crippen LogP contribution in [0.1, 0.15) is 45.3 Å². The number of aryl methyl sites for hydroxylation is 1. The van der Waals surface area contributed by atoms with Gasteiger partial charge < -0.3 is 14.6 Å². The maximum atomic E-state index is 13.1. The fourth-order valence-corrected chi connectivity index (χ4v) is 3.40.